The second-order valence-electron chi connectivity index (χ2n) is 5.42. The average Bonchev–Trinajstić information content (AvgIpc) is 1.93. The summed E-state index contributed by atoms with van der Waals surface area (Å²) in [5, 5.41) is 10.2. The summed E-state index contributed by atoms with van der Waals surface area (Å²) in [7, 11) is 0. The van der Waals surface area contributed by atoms with E-state index in [4.69, 9.17) is 4.74 Å². The van der Waals surface area contributed by atoms with Crippen molar-refractivity contribution in [3.8, 4) is 0 Å². The molecular formula is C12H24O2. The number of hydrogen-bond donors (Lipinski definition) is 1. The Bertz CT molecular complexity index is 168. The number of hydrogen-bond acceptors (Lipinski definition) is 2. The minimum atomic E-state index is -0.274. The maximum absolute atomic E-state index is 10.2. The van der Waals surface area contributed by atoms with Crippen LogP contribution in [0.1, 0.15) is 47.0 Å². The predicted molar refractivity (Wildman–Crippen MR) is 58.2 cm³/mol. The minimum absolute atomic E-state index is 0.0159. The van der Waals surface area contributed by atoms with Gasteiger partial charge in [0.25, 0.3) is 0 Å². The second kappa shape index (κ2) is 4.63. The monoisotopic (exact) mass is 200 g/mol. The molecule has 2 atom stereocenters. The van der Waals surface area contributed by atoms with Gasteiger partial charge in [-0.2, -0.15) is 0 Å². The topological polar surface area (TPSA) is 29.5 Å². The van der Waals surface area contributed by atoms with Crippen molar-refractivity contribution in [1.82, 2.24) is 0 Å². The van der Waals surface area contributed by atoms with Crippen LogP contribution < -0.4 is 0 Å². The lowest BCUT2D eigenvalue weighted by Gasteiger charge is -2.40. The van der Waals surface area contributed by atoms with Crippen LogP contribution in [0.5, 0.6) is 0 Å². The van der Waals surface area contributed by atoms with Gasteiger partial charge in [0.1, 0.15) is 0 Å². The molecule has 84 valence electrons. The maximum atomic E-state index is 10.2. The van der Waals surface area contributed by atoms with E-state index in [1.54, 1.807) is 0 Å². The summed E-state index contributed by atoms with van der Waals surface area (Å²) in [6.45, 7) is 9.08. The number of rotatable bonds is 4. The summed E-state index contributed by atoms with van der Waals surface area (Å²) in [6.07, 6.45) is 3.31. The van der Waals surface area contributed by atoms with Crippen molar-refractivity contribution in [3.05, 3.63) is 0 Å². The van der Waals surface area contributed by atoms with Gasteiger partial charge in [-0.15, -0.1) is 0 Å². The Kier molecular flexibility index (Phi) is 3.96. The molecule has 0 aromatic carbocycles. The highest BCUT2D eigenvalue weighted by atomic mass is 16.5. The van der Waals surface area contributed by atoms with Gasteiger partial charge in [0.05, 0.1) is 12.2 Å². The number of ether oxygens (including phenoxy) is 1. The molecule has 0 heterocycles. The minimum Gasteiger partial charge on any atom is -0.390 e. The standard InChI is InChI=1S/C12H24O2/c1-5-14-11(12(2,3)4)10(13)9-7-6-8-9/h9-11,13H,5-8H2,1-4H3. The van der Waals surface area contributed by atoms with Gasteiger partial charge in [0, 0.05) is 6.61 Å². The molecule has 0 radical (unpaired) electrons. The molecule has 1 saturated carbocycles. The van der Waals surface area contributed by atoms with Gasteiger partial charge in [-0.05, 0) is 31.1 Å². The van der Waals surface area contributed by atoms with Gasteiger partial charge < -0.3 is 9.84 Å². The van der Waals surface area contributed by atoms with Crippen LogP contribution in [0.15, 0.2) is 0 Å². The molecule has 14 heavy (non-hydrogen) atoms. The first-order valence-corrected chi connectivity index (χ1v) is 5.76. The van der Waals surface area contributed by atoms with E-state index in [1.165, 1.54) is 19.3 Å². The Morgan fingerprint density at radius 3 is 2.21 bits per heavy atom. The van der Waals surface area contributed by atoms with Gasteiger partial charge in [-0.3, -0.25) is 0 Å². The van der Waals surface area contributed by atoms with E-state index in [2.05, 4.69) is 20.8 Å². The Morgan fingerprint density at radius 2 is 1.93 bits per heavy atom. The smallest absolute Gasteiger partial charge is 0.0884 e. The Morgan fingerprint density at radius 1 is 1.36 bits per heavy atom. The van der Waals surface area contributed by atoms with E-state index < -0.39 is 0 Å². The van der Waals surface area contributed by atoms with Crippen LogP contribution in [0, 0.1) is 11.3 Å². The first-order chi connectivity index (χ1) is 6.46. The maximum Gasteiger partial charge on any atom is 0.0884 e. The van der Waals surface area contributed by atoms with E-state index in [-0.39, 0.29) is 17.6 Å². The van der Waals surface area contributed by atoms with Gasteiger partial charge in [0.2, 0.25) is 0 Å². The van der Waals surface area contributed by atoms with Crippen LogP contribution in [-0.4, -0.2) is 23.9 Å². The summed E-state index contributed by atoms with van der Waals surface area (Å²) >= 11 is 0. The Balaban J connectivity index is 2.56. The molecule has 0 aromatic rings. The normalized spacial score (nSPS) is 22.9. The van der Waals surface area contributed by atoms with Crippen molar-refractivity contribution in [2.45, 2.75) is 59.2 Å². The van der Waals surface area contributed by atoms with Crippen LogP contribution in [0.25, 0.3) is 0 Å². The molecular weight excluding hydrogens is 176 g/mol. The van der Waals surface area contributed by atoms with E-state index in [1.807, 2.05) is 6.92 Å². The lowest BCUT2D eigenvalue weighted by molar-refractivity contribution is -0.119. The lowest BCUT2D eigenvalue weighted by atomic mass is 9.73. The van der Waals surface area contributed by atoms with Crippen molar-refractivity contribution < 1.29 is 9.84 Å². The van der Waals surface area contributed by atoms with Crippen molar-refractivity contribution >= 4 is 0 Å². The van der Waals surface area contributed by atoms with Gasteiger partial charge in [-0.25, -0.2) is 0 Å². The molecule has 1 fully saturated rings. The molecule has 2 nitrogen and oxygen atoms in total. The van der Waals surface area contributed by atoms with E-state index in [0.717, 1.165) is 0 Å². The van der Waals surface area contributed by atoms with Crippen molar-refractivity contribution in [1.29, 1.82) is 0 Å². The molecule has 2 unspecified atom stereocenters. The average molecular weight is 200 g/mol. The van der Waals surface area contributed by atoms with Crippen LogP contribution in [0.4, 0.5) is 0 Å². The predicted octanol–water partition coefficient (Wildman–Crippen LogP) is 2.60. The summed E-state index contributed by atoms with van der Waals surface area (Å²) in [4.78, 5) is 0. The highest BCUT2D eigenvalue weighted by Gasteiger charge is 2.38. The molecule has 0 aromatic heterocycles. The van der Waals surface area contributed by atoms with E-state index in [0.29, 0.717) is 12.5 Å². The fourth-order valence-electron chi connectivity index (χ4n) is 2.07. The molecule has 0 aliphatic heterocycles. The van der Waals surface area contributed by atoms with Crippen LogP contribution in [0.2, 0.25) is 0 Å². The van der Waals surface area contributed by atoms with Crippen molar-refractivity contribution in [2.75, 3.05) is 6.61 Å². The summed E-state index contributed by atoms with van der Waals surface area (Å²) in [5.41, 5.74) is 0.0328. The van der Waals surface area contributed by atoms with Crippen LogP contribution in [0.3, 0.4) is 0 Å². The molecule has 2 heteroatoms. The zero-order valence-electron chi connectivity index (χ0n) is 9.92. The Hall–Kier alpha value is -0.0800. The summed E-state index contributed by atoms with van der Waals surface area (Å²) in [5.74, 6) is 0.478. The largest absolute Gasteiger partial charge is 0.390 e. The third-order valence-electron chi connectivity index (χ3n) is 3.14. The lowest BCUT2D eigenvalue weighted by Crippen LogP contribution is -2.46. The molecule has 0 amide bonds. The quantitative estimate of drug-likeness (QED) is 0.756. The zero-order chi connectivity index (χ0) is 10.8. The van der Waals surface area contributed by atoms with Gasteiger partial charge in [-0.1, -0.05) is 27.2 Å². The first-order valence-electron chi connectivity index (χ1n) is 5.76. The second-order valence-corrected chi connectivity index (χ2v) is 5.42. The van der Waals surface area contributed by atoms with Crippen molar-refractivity contribution in [2.24, 2.45) is 11.3 Å². The highest BCUT2D eigenvalue weighted by Crippen LogP contribution is 2.36. The Labute approximate surface area is 87.7 Å². The highest BCUT2D eigenvalue weighted by molar-refractivity contribution is 4.88. The van der Waals surface area contributed by atoms with Crippen LogP contribution >= 0.6 is 0 Å². The summed E-state index contributed by atoms with van der Waals surface area (Å²) < 4.78 is 5.68. The SMILES string of the molecule is CCOC(C(O)C1CCC1)C(C)(C)C. The number of aliphatic hydroxyl groups excluding tert-OH is 1. The molecule has 1 aliphatic rings. The zero-order valence-corrected chi connectivity index (χ0v) is 9.92. The molecule has 1 N–H and O–H groups in total. The fourth-order valence-corrected chi connectivity index (χ4v) is 2.07. The molecule has 0 spiro atoms. The van der Waals surface area contributed by atoms with Gasteiger partial charge in [0.15, 0.2) is 0 Å². The van der Waals surface area contributed by atoms with Gasteiger partial charge >= 0.3 is 0 Å². The number of aliphatic hydroxyl groups is 1. The fraction of sp³-hybridized carbons (Fsp3) is 1.00. The third kappa shape index (κ3) is 2.71. The molecule has 1 rings (SSSR count). The van der Waals surface area contributed by atoms with Crippen LogP contribution in [-0.2, 0) is 4.74 Å². The molecule has 0 bridgehead atoms. The van der Waals surface area contributed by atoms with E-state index in [9.17, 15) is 5.11 Å². The summed E-state index contributed by atoms with van der Waals surface area (Å²) in [6, 6.07) is 0. The molecule has 0 saturated heterocycles. The van der Waals surface area contributed by atoms with E-state index >= 15 is 0 Å². The first kappa shape index (κ1) is 12.0. The molecule has 1 aliphatic carbocycles. The van der Waals surface area contributed by atoms with Crippen molar-refractivity contribution in [3.63, 3.8) is 0 Å². The third-order valence-corrected chi connectivity index (χ3v) is 3.14.